The van der Waals surface area contributed by atoms with Crippen molar-refractivity contribution in [3.05, 3.63) is 71.2 Å². The Labute approximate surface area is 167 Å². The van der Waals surface area contributed by atoms with Crippen molar-refractivity contribution in [2.24, 2.45) is 7.05 Å². The van der Waals surface area contributed by atoms with Crippen molar-refractivity contribution < 1.29 is 9.53 Å². The highest BCUT2D eigenvalue weighted by Crippen LogP contribution is 2.20. The van der Waals surface area contributed by atoms with Crippen LogP contribution in [-0.2, 0) is 7.05 Å². The van der Waals surface area contributed by atoms with Crippen LogP contribution >= 0.6 is 0 Å². The van der Waals surface area contributed by atoms with Crippen molar-refractivity contribution in [1.29, 1.82) is 0 Å². The smallest absolute Gasteiger partial charge is 0.316 e. The Kier molecular flexibility index (Phi) is 5.33. The third-order valence-corrected chi connectivity index (χ3v) is 5.00. The van der Waals surface area contributed by atoms with Gasteiger partial charge in [-0.05, 0) is 29.8 Å². The fourth-order valence-corrected chi connectivity index (χ4v) is 3.33. The Bertz CT molecular complexity index is 1040. The first-order valence-electron chi connectivity index (χ1n) is 9.46. The van der Waals surface area contributed by atoms with Gasteiger partial charge in [0.15, 0.2) is 0 Å². The molecule has 0 atom stereocenters. The summed E-state index contributed by atoms with van der Waals surface area (Å²) in [6, 6.07) is 7.39. The van der Waals surface area contributed by atoms with Gasteiger partial charge in [0, 0.05) is 69.5 Å². The minimum atomic E-state index is -0.279. The van der Waals surface area contributed by atoms with E-state index in [1.807, 2.05) is 12.1 Å². The normalized spacial score (nSPS) is 14.6. The summed E-state index contributed by atoms with van der Waals surface area (Å²) < 4.78 is 7.30. The molecule has 3 aromatic rings. The van der Waals surface area contributed by atoms with Crippen LogP contribution in [-0.4, -0.2) is 49.5 Å². The van der Waals surface area contributed by atoms with Crippen LogP contribution in [0.15, 0.2) is 60.0 Å². The molecule has 29 heavy (non-hydrogen) atoms. The largest absolute Gasteiger partial charge is 0.460 e. The average Bonchev–Trinajstić information content (AvgIpc) is 2.77. The summed E-state index contributed by atoms with van der Waals surface area (Å²) in [6.07, 6.45) is 9.79. The molecular weight excluding hydrogens is 370 g/mol. The van der Waals surface area contributed by atoms with Gasteiger partial charge in [-0.1, -0.05) is 0 Å². The molecule has 0 aromatic carbocycles. The summed E-state index contributed by atoms with van der Waals surface area (Å²) in [4.78, 5) is 39.1. The lowest BCUT2D eigenvalue weighted by Gasteiger charge is -2.31. The van der Waals surface area contributed by atoms with Crippen LogP contribution in [0.5, 0.6) is 6.01 Å². The Morgan fingerprint density at radius 2 is 1.76 bits per heavy atom. The molecule has 3 aromatic heterocycles. The monoisotopic (exact) mass is 391 g/mol. The number of hydrogen-bond acceptors (Lipinski definition) is 6. The minimum absolute atomic E-state index is 0.0653. The number of carbonyl (C=O) groups excluding carboxylic acids is 1. The van der Waals surface area contributed by atoms with E-state index in [4.69, 9.17) is 4.74 Å². The molecule has 0 radical (unpaired) electrons. The number of pyridine rings is 2. The maximum atomic E-state index is 12.7. The highest BCUT2D eigenvalue weighted by atomic mass is 16.5. The number of ether oxygens (including phenoxy) is 1. The van der Waals surface area contributed by atoms with Crippen molar-refractivity contribution in [1.82, 2.24) is 24.4 Å². The van der Waals surface area contributed by atoms with E-state index in [0.29, 0.717) is 31.9 Å². The Balaban J connectivity index is 1.35. The number of likely N-dealkylation sites (tertiary alicyclic amines) is 1. The maximum absolute atomic E-state index is 12.7. The van der Waals surface area contributed by atoms with E-state index in [2.05, 4.69) is 15.0 Å². The number of hydrogen-bond donors (Lipinski definition) is 0. The third kappa shape index (κ3) is 4.16. The van der Waals surface area contributed by atoms with Gasteiger partial charge in [-0.2, -0.15) is 0 Å². The number of piperidine rings is 1. The standard InChI is InChI=1S/C21H21N5O3/c1-25-10-2-3-18(19(25)27)20(28)26-11-6-17(7-12-26)29-21-23-13-16(14-24-21)15-4-8-22-9-5-15/h2-5,8-10,13-14,17H,6-7,11-12H2,1H3. The zero-order chi connectivity index (χ0) is 20.2. The molecule has 0 aliphatic carbocycles. The lowest BCUT2D eigenvalue weighted by Crippen LogP contribution is -2.43. The first-order valence-corrected chi connectivity index (χ1v) is 9.46. The summed E-state index contributed by atoms with van der Waals surface area (Å²) in [7, 11) is 1.64. The van der Waals surface area contributed by atoms with E-state index in [1.54, 1.807) is 55.1 Å². The Hall–Kier alpha value is -3.55. The van der Waals surface area contributed by atoms with Crippen LogP contribution in [0.3, 0.4) is 0 Å². The number of carbonyl (C=O) groups is 1. The van der Waals surface area contributed by atoms with E-state index >= 15 is 0 Å². The predicted octanol–water partition coefficient (Wildman–Crippen LogP) is 1.92. The highest BCUT2D eigenvalue weighted by Gasteiger charge is 2.26. The van der Waals surface area contributed by atoms with E-state index < -0.39 is 0 Å². The summed E-state index contributed by atoms with van der Waals surface area (Å²) in [5, 5.41) is 0. The van der Waals surface area contributed by atoms with E-state index in [0.717, 1.165) is 11.1 Å². The molecule has 8 heteroatoms. The third-order valence-electron chi connectivity index (χ3n) is 5.00. The molecule has 4 rings (SSSR count). The van der Waals surface area contributed by atoms with Crippen molar-refractivity contribution in [2.75, 3.05) is 13.1 Å². The summed E-state index contributed by atoms with van der Waals surface area (Å²) >= 11 is 0. The van der Waals surface area contributed by atoms with E-state index in [-0.39, 0.29) is 23.1 Å². The second-order valence-electron chi connectivity index (χ2n) is 6.94. The number of nitrogens with zero attached hydrogens (tertiary/aromatic N) is 5. The average molecular weight is 391 g/mol. The second kappa shape index (κ2) is 8.22. The van der Waals surface area contributed by atoms with Gasteiger partial charge >= 0.3 is 6.01 Å². The van der Waals surface area contributed by atoms with Crippen molar-refractivity contribution in [3.63, 3.8) is 0 Å². The lowest BCUT2D eigenvalue weighted by atomic mass is 10.1. The fourth-order valence-electron chi connectivity index (χ4n) is 3.33. The zero-order valence-corrected chi connectivity index (χ0v) is 16.1. The summed E-state index contributed by atoms with van der Waals surface area (Å²) in [6.45, 7) is 1.05. The molecule has 1 fully saturated rings. The van der Waals surface area contributed by atoms with Gasteiger partial charge in [0.1, 0.15) is 11.7 Å². The van der Waals surface area contributed by atoms with Crippen LogP contribution in [0.1, 0.15) is 23.2 Å². The van der Waals surface area contributed by atoms with E-state index in [9.17, 15) is 9.59 Å². The first kappa shape index (κ1) is 18.8. The molecule has 0 bridgehead atoms. The van der Waals surface area contributed by atoms with Crippen LogP contribution in [0.25, 0.3) is 11.1 Å². The Morgan fingerprint density at radius 3 is 2.45 bits per heavy atom. The van der Waals surface area contributed by atoms with Gasteiger partial charge in [-0.15, -0.1) is 0 Å². The van der Waals surface area contributed by atoms with Gasteiger partial charge in [-0.25, -0.2) is 9.97 Å². The molecule has 8 nitrogen and oxygen atoms in total. The number of aromatic nitrogens is 4. The molecule has 4 heterocycles. The van der Waals surface area contributed by atoms with E-state index in [1.165, 1.54) is 4.57 Å². The molecule has 0 spiro atoms. The van der Waals surface area contributed by atoms with Gasteiger partial charge in [0.05, 0.1) is 0 Å². The number of amides is 1. The van der Waals surface area contributed by atoms with Gasteiger partial charge in [0.2, 0.25) is 0 Å². The SMILES string of the molecule is Cn1cccc(C(=O)N2CCC(Oc3ncc(-c4ccncc4)cn3)CC2)c1=O. The summed E-state index contributed by atoms with van der Waals surface area (Å²) in [5.41, 5.74) is 1.80. The Morgan fingerprint density at radius 1 is 1.07 bits per heavy atom. The quantitative estimate of drug-likeness (QED) is 0.675. The highest BCUT2D eigenvalue weighted by molar-refractivity contribution is 5.93. The molecular formula is C21H21N5O3. The number of rotatable bonds is 4. The number of aryl methyl sites for hydroxylation is 1. The van der Waals surface area contributed by atoms with Crippen molar-refractivity contribution >= 4 is 5.91 Å². The molecule has 1 saturated heterocycles. The fraction of sp³-hybridized carbons (Fsp3) is 0.286. The van der Waals surface area contributed by atoms with Crippen LogP contribution in [0, 0.1) is 0 Å². The topological polar surface area (TPSA) is 90.2 Å². The molecule has 1 amide bonds. The predicted molar refractivity (Wildman–Crippen MR) is 106 cm³/mol. The minimum Gasteiger partial charge on any atom is -0.460 e. The summed E-state index contributed by atoms with van der Waals surface area (Å²) in [5.74, 6) is -0.234. The van der Waals surface area contributed by atoms with Crippen LogP contribution in [0.4, 0.5) is 0 Å². The molecule has 0 unspecified atom stereocenters. The lowest BCUT2D eigenvalue weighted by molar-refractivity contribution is 0.0576. The van der Waals surface area contributed by atoms with Gasteiger partial charge in [-0.3, -0.25) is 14.6 Å². The molecule has 1 aliphatic heterocycles. The van der Waals surface area contributed by atoms with Gasteiger partial charge < -0.3 is 14.2 Å². The molecule has 0 N–H and O–H groups in total. The van der Waals surface area contributed by atoms with Crippen LogP contribution < -0.4 is 10.3 Å². The molecule has 0 saturated carbocycles. The molecule has 148 valence electrons. The second-order valence-corrected chi connectivity index (χ2v) is 6.94. The van der Waals surface area contributed by atoms with Crippen molar-refractivity contribution in [2.45, 2.75) is 18.9 Å². The zero-order valence-electron chi connectivity index (χ0n) is 16.1. The van der Waals surface area contributed by atoms with Gasteiger partial charge in [0.25, 0.3) is 11.5 Å². The maximum Gasteiger partial charge on any atom is 0.316 e. The first-order chi connectivity index (χ1) is 14.1. The van der Waals surface area contributed by atoms with Crippen LogP contribution in [0.2, 0.25) is 0 Å². The molecule has 1 aliphatic rings. The van der Waals surface area contributed by atoms with Crippen molar-refractivity contribution in [3.8, 4) is 17.1 Å².